The molecule has 0 spiro atoms. The van der Waals surface area contributed by atoms with E-state index in [1.807, 2.05) is 6.07 Å². The van der Waals surface area contributed by atoms with E-state index in [4.69, 9.17) is 10.4 Å². The van der Waals surface area contributed by atoms with Crippen LogP contribution < -0.4 is 10.5 Å². The van der Waals surface area contributed by atoms with Gasteiger partial charge in [-0.1, -0.05) is 12.1 Å². The highest BCUT2D eigenvalue weighted by Crippen LogP contribution is 2.08. The van der Waals surface area contributed by atoms with Crippen molar-refractivity contribution in [1.29, 1.82) is 5.26 Å². The third kappa shape index (κ3) is 3.88. The standard InChI is InChI=1S/C14H12N4O3S/c15-7-11-3-6-13(17-9-11)14(19)18-8-10-1-4-12(5-2-10)22(16,20)21/h1-6,9H,8H2,(H,18,19)(H2,16,20,21). The minimum Gasteiger partial charge on any atom is -0.347 e. The quantitative estimate of drug-likeness (QED) is 0.851. The van der Waals surface area contributed by atoms with E-state index in [2.05, 4.69) is 10.3 Å². The van der Waals surface area contributed by atoms with Crippen molar-refractivity contribution in [2.75, 3.05) is 0 Å². The molecule has 0 atom stereocenters. The third-order valence-corrected chi connectivity index (χ3v) is 3.76. The first-order valence-electron chi connectivity index (χ1n) is 6.16. The number of pyridine rings is 1. The number of amides is 1. The molecule has 0 bridgehead atoms. The van der Waals surface area contributed by atoms with E-state index in [0.717, 1.165) is 5.56 Å². The largest absolute Gasteiger partial charge is 0.347 e. The molecular formula is C14H12N4O3S. The molecule has 0 fully saturated rings. The van der Waals surface area contributed by atoms with E-state index in [0.29, 0.717) is 5.56 Å². The topological polar surface area (TPSA) is 126 Å². The summed E-state index contributed by atoms with van der Waals surface area (Å²) in [7, 11) is -3.72. The van der Waals surface area contributed by atoms with Crippen molar-refractivity contribution < 1.29 is 13.2 Å². The van der Waals surface area contributed by atoms with Crippen molar-refractivity contribution >= 4 is 15.9 Å². The van der Waals surface area contributed by atoms with E-state index in [1.54, 1.807) is 12.1 Å². The number of rotatable bonds is 4. The first-order chi connectivity index (χ1) is 10.4. The predicted octanol–water partition coefficient (Wildman–Crippen LogP) is 0.531. The average molecular weight is 316 g/mol. The van der Waals surface area contributed by atoms with Crippen LogP contribution in [0, 0.1) is 11.3 Å². The van der Waals surface area contributed by atoms with E-state index >= 15 is 0 Å². The summed E-state index contributed by atoms with van der Waals surface area (Å²) in [5, 5.41) is 16.3. The zero-order valence-electron chi connectivity index (χ0n) is 11.4. The number of sulfonamides is 1. The maximum Gasteiger partial charge on any atom is 0.270 e. The maximum atomic E-state index is 11.9. The SMILES string of the molecule is N#Cc1ccc(C(=O)NCc2ccc(S(N)(=O)=O)cc2)nc1. The van der Waals surface area contributed by atoms with Gasteiger partial charge in [0.15, 0.2) is 0 Å². The van der Waals surface area contributed by atoms with Crippen molar-refractivity contribution in [2.24, 2.45) is 5.14 Å². The second kappa shape index (κ2) is 6.34. The Kier molecular flexibility index (Phi) is 4.50. The van der Waals surface area contributed by atoms with Crippen LogP contribution in [-0.2, 0) is 16.6 Å². The van der Waals surface area contributed by atoms with E-state index < -0.39 is 10.0 Å². The fourth-order valence-electron chi connectivity index (χ4n) is 1.66. The average Bonchev–Trinajstić information content (AvgIpc) is 2.52. The fourth-order valence-corrected chi connectivity index (χ4v) is 2.18. The molecule has 1 aromatic heterocycles. The van der Waals surface area contributed by atoms with Crippen molar-refractivity contribution in [1.82, 2.24) is 10.3 Å². The fraction of sp³-hybridized carbons (Fsp3) is 0.0714. The Bertz CT molecular complexity index is 822. The van der Waals surface area contributed by atoms with Crippen LogP contribution >= 0.6 is 0 Å². The summed E-state index contributed by atoms with van der Waals surface area (Å²) in [5.74, 6) is -0.389. The summed E-state index contributed by atoms with van der Waals surface area (Å²) in [6.45, 7) is 0.214. The van der Waals surface area contributed by atoms with Crippen LogP contribution in [0.1, 0.15) is 21.6 Å². The molecule has 0 aliphatic heterocycles. The van der Waals surface area contributed by atoms with Gasteiger partial charge in [0.2, 0.25) is 10.0 Å². The smallest absolute Gasteiger partial charge is 0.270 e. The Morgan fingerprint density at radius 3 is 2.41 bits per heavy atom. The zero-order valence-corrected chi connectivity index (χ0v) is 12.2. The first kappa shape index (κ1) is 15.6. The maximum absolute atomic E-state index is 11.9. The van der Waals surface area contributed by atoms with Crippen LogP contribution in [0.5, 0.6) is 0 Å². The molecule has 0 unspecified atom stereocenters. The molecule has 22 heavy (non-hydrogen) atoms. The van der Waals surface area contributed by atoms with E-state index in [9.17, 15) is 13.2 Å². The van der Waals surface area contributed by atoms with Gasteiger partial charge in [-0.05, 0) is 29.8 Å². The molecule has 8 heteroatoms. The van der Waals surface area contributed by atoms with Crippen molar-refractivity contribution in [3.63, 3.8) is 0 Å². The lowest BCUT2D eigenvalue weighted by Gasteiger charge is -2.05. The number of hydrogen-bond acceptors (Lipinski definition) is 5. The van der Waals surface area contributed by atoms with Gasteiger partial charge in [-0.2, -0.15) is 5.26 Å². The van der Waals surface area contributed by atoms with Gasteiger partial charge in [-0.3, -0.25) is 4.79 Å². The Morgan fingerprint density at radius 1 is 1.23 bits per heavy atom. The molecule has 1 aromatic carbocycles. The van der Waals surface area contributed by atoms with Gasteiger partial charge >= 0.3 is 0 Å². The molecular weight excluding hydrogens is 304 g/mol. The van der Waals surface area contributed by atoms with Gasteiger partial charge in [-0.15, -0.1) is 0 Å². The lowest BCUT2D eigenvalue weighted by atomic mass is 10.2. The van der Waals surface area contributed by atoms with Gasteiger partial charge in [0, 0.05) is 12.7 Å². The highest BCUT2D eigenvalue weighted by molar-refractivity contribution is 7.89. The zero-order chi connectivity index (χ0) is 16.2. The van der Waals surface area contributed by atoms with E-state index in [-0.39, 0.29) is 23.0 Å². The number of nitrogens with one attached hydrogen (secondary N) is 1. The number of carbonyl (C=O) groups is 1. The minimum absolute atomic E-state index is 0.0105. The van der Waals surface area contributed by atoms with Crippen molar-refractivity contribution in [3.05, 3.63) is 59.4 Å². The summed E-state index contributed by atoms with van der Waals surface area (Å²) >= 11 is 0. The van der Waals surface area contributed by atoms with Gasteiger partial charge < -0.3 is 5.32 Å². The Morgan fingerprint density at radius 2 is 1.91 bits per heavy atom. The second-order valence-corrected chi connectivity index (χ2v) is 5.98. The highest BCUT2D eigenvalue weighted by Gasteiger charge is 2.09. The number of hydrogen-bond donors (Lipinski definition) is 2. The number of benzene rings is 1. The molecule has 112 valence electrons. The number of primary sulfonamides is 1. The second-order valence-electron chi connectivity index (χ2n) is 4.42. The van der Waals surface area contributed by atoms with Gasteiger partial charge in [0.25, 0.3) is 5.91 Å². The molecule has 1 amide bonds. The molecule has 1 heterocycles. The van der Waals surface area contributed by atoms with Crippen LogP contribution in [0.25, 0.3) is 0 Å². The molecule has 7 nitrogen and oxygen atoms in total. The number of nitriles is 1. The third-order valence-electron chi connectivity index (χ3n) is 2.83. The van der Waals surface area contributed by atoms with Crippen LogP contribution in [-0.4, -0.2) is 19.3 Å². The first-order valence-corrected chi connectivity index (χ1v) is 7.71. The molecule has 2 rings (SSSR count). The Hall–Kier alpha value is -2.76. The summed E-state index contributed by atoms with van der Waals surface area (Å²) in [6, 6.07) is 10.7. The predicted molar refractivity (Wildman–Crippen MR) is 77.9 cm³/mol. The van der Waals surface area contributed by atoms with Crippen LogP contribution in [0.3, 0.4) is 0 Å². The monoisotopic (exact) mass is 316 g/mol. The number of carbonyl (C=O) groups excluding carboxylic acids is 1. The van der Waals surface area contributed by atoms with Gasteiger partial charge in [0.05, 0.1) is 10.5 Å². The summed E-state index contributed by atoms with van der Waals surface area (Å²) in [5.41, 5.74) is 1.28. The molecule has 0 aliphatic carbocycles. The van der Waals surface area contributed by atoms with Crippen molar-refractivity contribution in [2.45, 2.75) is 11.4 Å². The van der Waals surface area contributed by atoms with Gasteiger partial charge in [0.1, 0.15) is 11.8 Å². The van der Waals surface area contributed by atoms with Gasteiger partial charge in [-0.25, -0.2) is 18.5 Å². The minimum atomic E-state index is -3.72. The molecule has 2 aromatic rings. The summed E-state index contributed by atoms with van der Waals surface area (Å²) < 4.78 is 22.2. The van der Waals surface area contributed by atoms with E-state index in [1.165, 1.54) is 30.5 Å². The molecule has 0 saturated heterocycles. The molecule has 0 aliphatic rings. The molecule has 0 saturated carbocycles. The van der Waals surface area contributed by atoms with Crippen LogP contribution in [0.2, 0.25) is 0 Å². The summed E-state index contributed by atoms with van der Waals surface area (Å²) in [4.78, 5) is 15.8. The summed E-state index contributed by atoms with van der Waals surface area (Å²) in [6.07, 6.45) is 1.32. The molecule has 3 N–H and O–H groups in total. The number of nitrogens with zero attached hydrogens (tertiary/aromatic N) is 2. The lowest BCUT2D eigenvalue weighted by Crippen LogP contribution is -2.23. The Labute approximate surface area is 127 Å². The lowest BCUT2D eigenvalue weighted by molar-refractivity contribution is 0.0946. The highest BCUT2D eigenvalue weighted by atomic mass is 32.2. The van der Waals surface area contributed by atoms with Crippen molar-refractivity contribution in [3.8, 4) is 6.07 Å². The normalized spacial score (nSPS) is 10.7. The van der Waals surface area contributed by atoms with Crippen LogP contribution in [0.4, 0.5) is 0 Å². The molecule has 0 radical (unpaired) electrons. The number of nitrogens with two attached hydrogens (primary N) is 1. The number of aromatic nitrogens is 1. The van der Waals surface area contributed by atoms with Crippen LogP contribution in [0.15, 0.2) is 47.5 Å². The Balaban J connectivity index is 2.00.